The highest BCUT2D eigenvalue weighted by molar-refractivity contribution is 6.35. The van der Waals surface area contributed by atoms with Gasteiger partial charge in [-0.05, 0) is 25.1 Å². The van der Waals surface area contributed by atoms with E-state index < -0.39 is 0 Å². The molecule has 0 aliphatic carbocycles. The van der Waals surface area contributed by atoms with Crippen molar-refractivity contribution in [3.05, 3.63) is 51.8 Å². The van der Waals surface area contributed by atoms with Crippen LogP contribution in [0.5, 0.6) is 5.75 Å². The number of hydrogen-bond donors (Lipinski definition) is 1. The van der Waals surface area contributed by atoms with E-state index in [0.29, 0.717) is 27.2 Å². The fraction of sp³-hybridized carbons (Fsp3) is 0.154. The molecule has 0 atom stereocenters. The summed E-state index contributed by atoms with van der Waals surface area (Å²) in [7, 11) is 0. The molecule has 0 aliphatic heterocycles. The molecule has 0 unspecified atom stereocenters. The lowest BCUT2D eigenvalue weighted by Crippen LogP contribution is -2.00. The van der Waals surface area contributed by atoms with Crippen LogP contribution in [0, 0.1) is 6.92 Å². The third-order valence-electron chi connectivity index (χ3n) is 2.39. The molecule has 1 heterocycles. The van der Waals surface area contributed by atoms with Crippen molar-refractivity contribution >= 4 is 28.9 Å². The van der Waals surface area contributed by atoms with Crippen LogP contribution in [0.3, 0.4) is 0 Å². The molecule has 0 amide bonds. The second-order valence-electron chi connectivity index (χ2n) is 3.88. The summed E-state index contributed by atoms with van der Waals surface area (Å²) in [5, 5.41) is 0.917. The van der Waals surface area contributed by atoms with Gasteiger partial charge in [-0.2, -0.15) is 0 Å². The Kier molecular flexibility index (Phi) is 3.94. The van der Waals surface area contributed by atoms with E-state index in [1.54, 1.807) is 18.2 Å². The molecule has 0 aliphatic rings. The van der Waals surface area contributed by atoms with Gasteiger partial charge in [0.1, 0.15) is 17.5 Å². The zero-order valence-corrected chi connectivity index (χ0v) is 11.3. The number of halogens is 2. The molecule has 5 heteroatoms. The van der Waals surface area contributed by atoms with Crippen LogP contribution in [-0.4, -0.2) is 4.98 Å². The Morgan fingerprint density at radius 3 is 2.72 bits per heavy atom. The van der Waals surface area contributed by atoms with Crippen LogP contribution in [-0.2, 0) is 6.61 Å². The first-order valence-corrected chi connectivity index (χ1v) is 6.11. The predicted molar refractivity (Wildman–Crippen MR) is 74.2 cm³/mol. The van der Waals surface area contributed by atoms with Crippen LogP contribution >= 0.6 is 23.2 Å². The van der Waals surface area contributed by atoms with Crippen molar-refractivity contribution in [2.24, 2.45) is 0 Å². The van der Waals surface area contributed by atoms with Crippen LogP contribution in [0.2, 0.25) is 10.2 Å². The molecule has 0 bridgehead atoms. The molecule has 94 valence electrons. The fourth-order valence-electron chi connectivity index (χ4n) is 1.51. The summed E-state index contributed by atoms with van der Waals surface area (Å²) in [5.74, 6) is 0.669. The summed E-state index contributed by atoms with van der Waals surface area (Å²) in [6, 6.07) is 8.93. The smallest absolute Gasteiger partial charge is 0.137 e. The highest BCUT2D eigenvalue weighted by atomic mass is 35.5. The maximum absolute atomic E-state index is 6.10. The lowest BCUT2D eigenvalue weighted by Gasteiger charge is -2.10. The van der Waals surface area contributed by atoms with Gasteiger partial charge < -0.3 is 10.5 Å². The van der Waals surface area contributed by atoms with Crippen molar-refractivity contribution in [1.82, 2.24) is 4.98 Å². The summed E-state index contributed by atoms with van der Waals surface area (Å²) >= 11 is 12.1. The van der Waals surface area contributed by atoms with E-state index in [4.69, 9.17) is 33.7 Å². The molecule has 1 aromatic carbocycles. The predicted octanol–water partition coefficient (Wildman–Crippen LogP) is 3.86. The van der Waals surface area contributed by atoms with E-state index in [1.807, 2.05) is 19.1 Å². The number of ether oxygens (including phenoxy) is 1. The maximum Gasteiger partial charge on any atom is 0.137 e. The molecule has 0 saturated heterocycles. The Labute approximate surface area is 115 Å². The molecule has 0 saturated carbocycles. The van der Waals surface area contributed by atoms with Gasteiger partial charge in [0.15, 0.2) is 0 Å². The van der Waals surface area contributed by atoms with Gasteiger partial charge in [-0.15, -0.1) is 0 Å². The van der Waals surface area contributed by atoms with Crippen LogP contribution in [0.15, 0.2) is 30.3 Å². The van der Waals surface area contributed by atoms with Crippen LogP contribution in [0.25, 0.3) is 0 Å². The maximum atomic E-state index is 6.10. The number of nitrogens with zero attached hydrogens (tertiary/aromatic N) is 1. The molecule has 0 spiro atoms. The second-order valence-corrected chi connectivity index (χ2v) is 4.64. The molecule has 1 aromatic heterocycles. The van der Waals surface area contributed by atoms with Crippen molar-refractivity contribution in [1.29, 1.82) is 0 Å². The highest BCUT2D eigenvalue weighted by Crippen LogP contribution is 2.25. The number of hydrogen-bond acceptors (Lipinski definition) is 3. The van der Waals surface area contributed by atoms with Gasteiger partial charge in [-0.3, -0.25) is 0 Å². The number of aromatic nitrogens is 1. The summed E-state index contributed by atoms with van der Waals surface area (Å²) < 4.78 is 5.59. The number of nitrogens with two attached hydrogens (primary N) is 1. The lowest BCUT2D eigenvalue weighted by atomic mass is 10.2. The zero-order chi connectivity index (χ0) is 13.1. The van der Waals surface area contributed by atoms with Crippen molar-refractivity contribution < 1.29 is 4.74 Å². The molecule has 2 rings (SSSR count). The monoisotopic (exact) mass is 282 g/mol. The third kappa shape index (κ3) is 3.06. The Bertz CT molecular complexity index is 550. The van der Waals surface area contributed by atoms with E-state index in [-0.39, 0.29) is 6.61 Å². The third-order valence-corrected chi connectivity index (χ3v) is 3.04. The molecular weight excluding hydrogens is 271 g/mol. The normalized spacial score (nSPS) is 10.4. The Morgan fingerprint density at radius 2 is 2.06 bits per heavy atom. The average molecular weight is 283 g/mol. The zero-order valence-electron chi connectivity index (χ0n) is 9.78. The van der Waals surface area contributed by atoms with Crippen molar-refractivity contribution in [3.8, 4) is 5.75 Å². The SMILES string of the molecule is Cc1cc(Cl)c(COc2cccc(N)c2)c(Cl)n1. The average Bonchev–Trinajstić information content (AvgIpc) is 2.27. The van der Waals surface area contributed by atoms with Crippen molar-refractivity contribution in [3.63, 3.8) is 0 Å². The molecule has 2 aromatic rings. The first kappa shape index (κ1) is 13.0. The van der Waals surface area contributed by atoms with E-state index >= 15 is 0 Å². The molecule has 0 fully saturated rings. The first-order valence-electron chi connectivity index (χ1n) is 5.36. The number of anilines is 1. The Hall–Kier alpha value is -1.45. The number of nitrogen functional groups attached to an aromatic ring is 1. The van der Waals surface area contributed by atoms with Crippen LogP contribution in [0.1, 0.15) is 11.3 Å². The van der Waals surface area contributed by atoms with Gasteiger partial charge >= 0.3 is 0 Å². The van der Waals surface area contributed by atoms with E-state index in [0.717, 1.165) is 5.69 Å². The molecule has 18 heavy (non-hydrogen) atoms. The number of pyridine rings is 1. The highest BCUT2D eigenvalue weighted by Gasteiger charge is 2.09. The minimum absolute atomic E-state index is 0.258. The summed E-state index contributed by atoms with van der Waals surface area (Å²) in [4.78, 5) is 4.14. The summed E-state index contributed by atoms with van der Waals surface area (Å²) in [5.41, 5.74) is 7.76. The lowest BCUT2D eigenvalue weighted by molar-refractivity contribution is 0.306. The van der Waals surface area contributed by atoms with E-state index in [9.17, 15) is 0 Å². The van der Waals surface area contributed by atoms with Crippen LogP contribution in [0.4, 0.5) is 5.69 Å². The summed E-state index contributed by atoms with van der Waals surface area (Å²) in [6.45, 7) is 2.09. The van der Waals surface area contributed by atoms with Gasteiger partial charge in [0.2, 0.25) is 0 Å². The fourth-order valence-corrected chi connectivity index (χ4v) is 2.15. The van der Waals surface area contributed by atoms with Gasteiger partial charge in [0.25, 0.3) is 0 Å². The van der Waals surface area contributed by atoms with E-state index in [2.05, 4.69) is 4.98 Å². The summed E-state index contributed by atoms with van der Waals surface area (Å²) in [6.07, 6.45) is 0. The van der Waals surface area contributed by atoms with Crippen LogP contribution < -0.4 is 10.5 Å². The number of aryl methyl sites for hydroxylation is 1. The minimum Gasteiger partial charge on any atom is -0.489 e. The van der Waals surface area contributed by atoms with Gasteiger partial charge in [-0.1, -0.05) is 29.3 Å². The molecule has 2 N–H and O–H groups in total. The number of benzene rings is 1. The topological polar surface area (TPSA) is 48.1 Å². The molecular formula is C13H12Cl2N2O. The minimum atomic E-state index is 0.258. The second kappa shape index (κ2) is 5.46. The standard InChI is InChI=1S/C13H12Cl2N2O/c1-8-5-12(14)11(13(15)17-8)7-18-10-4-2-3-9(16)6-10/h2-6H,7,16H2,1H3. The Morgan fingerprint density at radius 1 is 1.28 bits per heavy atom. The molecule has 3 nitrogen and oxygen atoms in total. The largest absolute Gasteiger partial charge is 0.489 e. The number of rotatable bonds is 3. The van der Waals surface area contributed by atoms with E-state index in [1.165, 1.54) is 0 Å². The quantitative estimate of drug-likeness (QED) is 0.687. The van der Waals surface area contributed by atoms with Gasteiger partial charge in [0.05, 0.1) is 5.02 Å². The van der Waals surface area contributed by atoms with Gasteiger partial charge in [-0.25, -0.2) is 4.98 Å². The van der Waals surface area contributed by atoms with Gasteiger partial charge in [0, 0.05) is 23.0 Å². The first-order chi connectivity index (χ1) is 8.56. The van der Waals surface area contributed by atoms with Crippen molar-refractivity contribution in [2.75, 3.05) is 5.73 Å². The Balaban J connectivity index is 2.16. The molecule has 0 radical (unpaired) electrons. The van der Waals surface area contributed by atoms with Crippen molar-refractivity contribution in [2.45, 2.75) is 13.5 Å².